The Morgan fingerprint density at radius 2 is 1.80 bits per heavy atom. The van der Waals surface area contributed by atoms with E-state index < -0.39 is 11.8 Å². The second-order valence-corrected chi connectivity index (χ2v) is 6.30. The molecule has 150 valence electrons. The molecule has 0 saturated carbocycles. The lowest BCUT2D eigenvalue weighted by Gasteiger charge is -2.09. The van der Waals surface area contributed by atoms with Crippen LogP contribution in [-0.4, -0.2) is 25.8 Å². The zero-order valence-electron chi connectivity index (χ0n) is 15.6. The molecule has 2 heterocycles. The van der Waals surface area contributed by atoms with Crippen molar-refractivity contribution in [3.63, 3.8) is 0 Å². The number of anilines is 2. The summed E-state index contributed by atoms with van der Waals surface area (Å²) in [5.41, 5.74) is 1.41. The van der Waals surface area contributed by atoms with Crippen molar-refractivity contribution in [2.45, 2.75) is 6.54 Å². The van der Waals surface area contributed by atoms with Crippen LogP contribution in [0.5, 0.6) is 0 Å². The van der Waals surface area contributed by atoms with Gasteiger partial charge in [0.25, 0.3) is 0 Å². The Balaban J connectivity index is 1.63. The molecular formula is C21H16F2N6O. The van der Waals surface area contributed by atoms with Crippen LogP contribution in [-0.2, 0) is 6.54 Å². The van der Waals surface area contributed by atoms with Crippen LogP contribution in [0, 0.1) is 11.6 Å². The number of rotatable bonds is 5. The molecule has 30 heavy (non-hydrogen) atoms. The fourth-order valence-corrected chi connectivity index (χ4v) is 2.70. The number of carbonyl (C=O) groups is 1. The van der Waals surface area contributed by atoms with Gasteiger partial charge < -0.3 is 10.6 Å². The summed E-state index contributed by atoms with van der Waals surface area (Å²) in [7, 11) is 0. The third kappa shape index (κ3) is 4.30. The first kappa shape index (κ1) is 19.2. The van der Waals surface area contributed by atoms with Crippen molar-refractivity contribution in [3.05, 3.63) is 90.3 Å². The summed E-state index contributed by atoms with van der Waals surface area (Å²) in [6, 6.07) is 14.5. The maximum absolute atomic E-state index is 13.9. The molecule has 0 bridgehead atoms. The summed E-state index contributed by atoms with van der Waals surface area (Å²) in [4.78, 5) is 21.2. The van der Waals surface area contributed by atoms with Gasteiger partial charge >= 0.3 is 6.03 Å². The highest BCUT2D eigenvalue weighted by Gasteiger charge is 2.18. The van der Waals surface area contributed by atoms with E-state index >= 15 is 0 Å². The molecule has 7 nitrogen and oxygen atoms in total. The number of aromatic nitrogens is 4. The lowest BCUT2D eigenvalue weighted by Crippen LogP contribution is -2.23. The van der Waals surface area contributed by atoms with Crippen LogP contribution in [0.25, 0.3) is 11.4 Å². The Labute approximate surface area is 170 Å². The molecule has 0 aliphatic rings. The van der Waals surface area contributed by atoms with Crippen molar-refractivity contribution in [1.82, 2.24) is 19.7 Å². The van der Waals surface area contributed by atoms with Crippen molar-refractivity contribution in [1.29, 1.82) is 0 Å². The van der Waals surface area contributed by atoms with Crippen molar-refractivity contribution in [2.75, 3.05) is 10.6 Å². The van der Waals surface area contributed by atoms with E-state index in [1.54, 1.807) is 42.7 Å². The Morgan fingerprint density at radius 3 is 2.53 bits per heavy atom. The van der Waals surface area contributed by atoms with Gasteiger partial charge in [0.2, 0.25) is 5.95 Å². The average Bonchev–Trinajstić information content (AvgIpc) is 3.20. The fraction of sp³-hybridized carbons (Fsp3) is 0.0476. The summed E-state index contributed by atoms with van der Waals surface area (Å²) in [6.07, 6.45) is 3.18. The van der Waals surface area contributed by atoms with E-state index in [9.17, 15) is 13.6 Å². The lowest BCUT2D eigenvalue weighted by atomic mass is 10.2. The van der Waals surface area contributed by atoms with Crippen molar-refractivity contribution < 1.29 is 13.6 Å². The molecule has 0 fully saturated rings. The molecule has 9 heteroatoms. The maximum atomic E-state index is 13.9. The molecule has 2 aromatic heterocycles. The van der Waals surface area contributed by atoms with Crippen LogP contribution in [0.1, 0.15) is 5.56 Å². The minimum absolute atomic E-state index is 0.0189. The highest BCUT2D eigenvalue weighted by molar-refractivity contribution is 5.92. The number of hydrogen-bond acceptors (Lipinski definition) is 5. The highest BCUT2D eigenvalue weighted by atomic mass is 19.1. The first-order valence-corrected chi connectivity index (χ1v) is 9.02. The molecule has 4 aromatic rings. The molecule has 2 N–H and O–H groups in total. The maximum Gasteiger partial charge on any atom is 0.349 e. The predicted molar refractivity (Wildman–Crippen MR) is 108 cm³/mol. The largest absolute Gasteiger partial charge is 0.350 e. The van der Waals surface area contributed by atoms with E-state index in [1.165, 1.54) is 30.3 Å². The number of hydrogen-bond donors (Lipinski definition) is 2. The zero-order chi connectivity index (χ0) is 20.9. The van der Waals surface area contributed by atoms with Gasteiger partial charge in [-0.05, 0) is 42.0 Å². The smallest absolute Gasteiger partial charge is 0.349 e. The molecule has 2 aromatic carbocycles. The molecular weight excluding hydrogens is 390 g/mol. The van der Waals surface area contributed by atoms with E-state index in [0.717, 1.165) is 10.2 Å². The van der Waals surface area contributed by atoms with Gasteiger partial charge in [0, 0.05) is 24.5 Å². The Hall–Kier alpha value is -4.14. The minimum atomic E-state index is -0.690. The number of carbonyl (C=O) groups excluding carboxylic acids is 1. The van der Waals surface area contributed by atoms with Gasteiger partial charge in [0.1, 0.15) is 11.6 Å². The summed E-state index contributed by atoms with van der Waals surface area (Å²) in [5, 5.41) is 9.73. The van der Waals surface area contributed by atoms with Gasteiger partial charge in [-0.3, -0.25) is 4.98 Å². The molecule has 0 aliphatic carbocycles. The van der Waals surface area contributed by atoms with Crippen LogP contribution in [0.3, 0.4) is 0 Å². The quantitative estimate of drug-likeness (QED) is 0.516. The molecule has 0 spiro atoms. The van der Waals surface area contributed by atoms with Gasteiger partial charge in [-0.15, -0.1) is 9.78 Å². The van der Waals surface area contributed by atoms with Crippen molar-refractivity contribution in [3.8, 4) is 11.4 Å². The predicted octanol–water partition coefficient (Wildman–Crippen LogP) is 4.31. The lowest BCUT2D eigenvalue weighted by molar-refractivity contribution is 0.251. The average molecular weight is 406 g/mol. The second kappa shape index (κ2) is 8.48. The molecule has 0 aliphatic heterocycles. The molecule has 0 unspecified atom stereocenters. The number of para-hydroxylation sites is 1. The van der Waals surface area contributed by atoms with Gasteiger partial charge in [-0.2, -0.15) is 4.98 Å². The van der Waals surface area contributed by atoms with Crippen LogP contribution < -0.4 is 10.6 Å². The van der Waals surface area contributed by atoms with Gasteiger partial charge in [0.05, 0.1) is 5.69 Å². The molecule has 0 atom stereocenters. The first-order valence-electron chi connectivity index (χ1n) is 9.02. The van der Waals surface area contributed by atoms with E-state index in [1.807, 2.05) is 0 Å². The number of nitrogens with one attached hydrogen (secondary N) is 2. The van der Waals surface area contributed by atoms with E-state index in [0.29, 0.717) is 5.56 Å². The Kier molecular flexibility index (Phi) is 5.42. The summed E-state index contributed by atoms with van der Waals surface area (Å²) in [5.74, 6) is -0.496. The number of nitrogens with zero attached hydrogens (tertiary/aromatic N) is 4. The Bertz CT molecular complexity index is 1160. The van der Waals surface area contributed by atoms with Gasteiger partial charge in [-0.25, -0.2) is 13.6 Å². The fourth-order valence-electron chi connectivity index (χ4n) is 2.70. The monoisotopic (exact) mass is 406 g/mol. The summed E-state index contributed by atoms with van der Waals surface area (Å²) < 4.78 is 28.1. The molecule has 0 saturated heterocycles. The van der Waals surface area contributed by atoms with Crippen LogP contribution >= 0.6 is 0 Å². The summed E-state index contributed by atoms with van der Waals surface area (Å²) >= 11 is 0. The number of pyridine rings is 1. The number of benzene rings is 2. The van der Waals surface area contributed by atoms with Gasteiger partial charge in [0.15, 0.2) is 5.82 Å². The third-order valence-electron chi connectivity index (χ3n) is 4.20. The van der Waals surface area contributed by atoms with E-state index in [4.69, 9.17) is 0 Å². The standard InChI is InChI=1S/C21H16F2N6O/c22-16-9-7-14(8-10-16)12-25-20-27-19(15-4-3-11-24-13-15)28-29(20)21(30)26-18-6-2-1-5-17(18)23/h1-11,13H,12H2,(H,26,30)(H,25,27,28). The molecule has 0 radical (unpaired) electrons. The third-order valence-corrected chi connectivity index (χ3v) is 4.20. The second-order valence-electron chi connectivity index (χ2n) is 6.30. The highest BCUT2D eigenvalue weighted by Crippen LogP contribution is 2.19. The normalized spacial score (nSPS) is 10.6. The van der Waals surface area contributed by atoms with E-state index in [2.05, 4.69) is 25.7 Å². The molecule has 1 amide bonds. The van der Waals surface area contributed by atoms with Crippen LogP contribution in [0.2, 0.25) is 0 Å². The van der Waals surface area contributed by atoms with Crippen molar-refractivity contribution >= 4 is 17.7 Å². The SMILES string of the molecule is O=C(Nc1ccccc1F)n1nc(-c2cccnc2)nc1NCc1ccc(F)cc1. The van der Waals surface area contributed by atoms with Crippen LogP contribution in [0.15, 0.2) is 73.1 Å². The zero-order valence-corrected chi connectivity index (χ0v) is 15.6. The minimum Gasteiger partial charge on any atom is -0.350 e. The summed E-state index contributed by atoms with van der Waals surface area (Å²) in [6.45, 7) is 0.276. The number of amides is 1. The first-order chi connectivity index (χ1) is 14.6. The number of halogens is 2. The van der Waals surface area contributed by atoms with Gasteiger partial charge in [-0.1, -0.05) is 24.3 Å². The van der Waals surface area contributed by atoms with Crippen molar-refractivity contribution in [2.24, 2.45) is 0 Å². The molecule has 4 rings (SSSR count). The topological polar surface area (TPSA) is 84.7 Å². The Morgan fingerprint density at radius 1 is 1.00 bits per heavy atom. The van der Waals surface area contributed by atoms with E-state index in [-0.39, 0.29) is 29.8 Å². The van der Waals surface area contributed by atoms with Crippen LogP contribution in [0.4, 0.5) is 25.2 Å².